The van der Waals surface area contributed by atoms with Crippen LogP contribution in [0.25, 0.3) is 0 Å². The molecule has 0 radical (unpaired) electrons. The summed E-state index contributed by atoms with van der Waals surface area (Å²) in [5.74, 6) is 2.14. The first-order valence-electron chi connectivity index (χ1n) is 7.92. The number of fused-ring (bicyclic) bond motifs is 1. The van der Waals surface area contributed by atoms with E-state index < -0.39 is 0 Å². The van der Waals surface area contributed by atoms with E-state index in [1.54, 1.807) is 7.11 Å². The zero-order valence-corrected chi connectivity index (χ0v) is 13.0. The maximum absolute atomic E-state index is 5.78. The number of rotatable bonds is 5. The lowest BCUT2D eigenvalue weighted by molar-refractivity contribution is 0.0440. The molecule has 0 bridgehead atoms. The Morgan fingerprint density at radius 3 is 2.57 bits per heavy atom. The van der Waals surface area contributed by atoms with Gasteiger partial charge in [0.2, 0.25) is 0 Å². The Balaban J connectivity index is 1.72. The fourth-order valence-electron chi connectivity index (χ4n) is 3.40. The van der Waals surface area contributed by atoms with E-state index in [0.29, 0.717) is 19.1 Å². The lowest BCUT2D eigenvalue weighted by atomic mass is 9.96. The van der Waals surface area contributed by atoms with Gasteiger partial charge in [-0.15, -0.1) is 0 Å². The third-order valence-corrected chi connectivity index (χ3v) is 4.41. The summed E-state index contributed by atoms with van der Waals surface area (Å²) >= 11 is 0. The lowest BCUT2D eigenvalue weighted by Gasteiger charge is -2.28. The molecule has 2 heterocycles. The number of hydrogen-bond donors (Lipinski definition) is 0. The molecule has 0 unspecified atom stereocenters. The van der Waals surface area contributed by atoms with Gasteiger partial charge in [0.1, 0.15) is 13.2 Å². The van der Waals surface area contributed by atoms with Gasteiger partial charge < -0.3 is 19.1 Å². The minimum Gasteiger partial charge on any atom is -0.486 e. The highest BCUT2D eigenvalue weighted by Gasteiger charge is 2.24. The van der Waals surface area contributed by atoms with Crippen LogP contribution >= 0.6 is 0 Å². The maximum atomic E-state index is 5.78. The molecule has 4 heteroatoms. The van der Waals surface area contributed by atoms with Gasteiger partial charge in [-0.2, -0.15) is 0 Å². The summed E-state index contributed by atoms with van der Waals surface area (Å²) < 4.78 is 17.0. The van der Waals surface area contributed by atoms with E-state index in [-0.39, 0.29) is 6.10 Å². The standard InChI is InChI=1S/C17H25NO3/c1-13(12-18-7-3-4-8-18)17(19-2)14-5-6-15-16(11-14)21-10-9-20-15/h5-6,11,13,17H,3-4,7-10,12H2,1-2H3/t13-,17+/m1/s1. The molecule has 1 saturated heterocycles. The lowest BCUT2D eigenvalue weighted by Crippen LogP contribution is -2.29. The van der Waals surface area contributed by atoms with Crippen molar-refractivity contribution < 1.29 is 14.2 Å². The topological polar surface area (TPSA) is 30.9 Å². The van der Waals surface area contributed by atoms with E-state index in [1.165, 1.54) is 31.5 Å². The summed E-state index contributed by atoms with van der Waals surface area (Å²) in [6.07, 6.45) is 2.75. The van der Waals surface area contributed by atoms with E-state index >= 15 is 0 Å². The van der Waals surface area contributed by atoms with Crippen molar-refractivity contribution in [1.82, 2.24) is 4.90 Å². The average molecular weight is 291 g/mol. The van der Waals surface area contributed by atoms with Gasteiger partial charge >= 0.3 is 0 Å². The number of likely N-dealkylation sites (tertiary alicyclic amines) is 1. The largest absolute Gasteiger partial charge is 0.486 e. The number of benzene rings is 1. The minimum atomic E-state index is 0.0985. The summed E-state index contributed by atoms with van der Waals surface area (Å²) in [5.41, 5.74) is 1.17. The molecule has 2 atom stereocenters. The molecule has 2 aliphatic rings. The second-order valence-electron chi connectivity index (χ2n) is 6.04. The molecule has 21 heavy (non-hydrogen) atoms. The highest BCUT2D eigenvalue weighted by molar-refractivity contribution is 5.44. The highest BCUT2D eigenvalue weighted by atomic mass is 16.6. The minimum absolute atomic E-state index is 0.0985. The van der Waals surface area contributed by atoms with Crippen molar-refractivity contribution in [2.24, 2.45) is 5.92 Å². The van der Waals surface area contributed by atoms with Gasteiger partial charge in [0, 0.05) is 13.7 Å². The Morgan fingerprint density at radius 2 is 1.86 bits per heavy atom. The first kappa shape index (κ1) is 14.7. The third-order valence-electron chi connectivity index (χ3n) is 4.41. The van der Waals surface area contributed by atoms with Gasteiger partial charge in [-0.1, -0.05) is 13.0 Å². The number of methoxy groups -OCH3 is 1. The number of ether oxygens (including phenoxy) is 3. The molecule has 2 aliphatic heterocycles. The van der Waals surface area contributed by atoms with Crippen molar-refractivity contribution in [2.45, 2.75) is 25.9 Å². The van der Waals surface area contributed by atoms with Crippen LogP contribution in [-0.4, -0.2) is 44.9 Å². The molecule has 1 fully saturated rings. The van der Waals surface area contributed by atoms with E-state index in [4.69, 9.17) is 14.2 Å². The van der Waals surface area contributed by atoms with Gasteiger partial charge in [0.25, 0.3) is 0 Å². The molecule has 0 spiro atoms. The van der Waals surface area contributed by atoms with Crippen molar-refractivity contribution in [3.8, 4) is 11.5 Å². The molecule has 1 aromatic rings. The molecule has 0 aliphatic carbocycles. The van der Waals surface area contributed by atoms with Crippen LogP contribution in [-0.2, 0) is 4.74 Å². The molecule has 116 valence electrons. The van der Waals surface area contributed by atoms with Crippen LogP contribution < -0.4 is 9.47 Å². The fourth-order valence-corrected chi connectivity index (χ4v) is 3.40. The Labute approximate surface area is 127 Å². The van der Waals surface area contributed by atoms with Crippen LogP contribution in [0.2, 0.25) is 0 Å². The third kappa shape index (κ3) is 3.33. The quantitative estimate of drug-likeness (QED) is 0.834. The van der Waals surface area contributed by atoms with Crippen LogP contribution in [0.4, 0.5) is 0 Å². The molecular weight excluding hydrogens is 266 g/mol. The average Bonchev–Trinajstić information content (AvgIpc) is 3.01. The summed E-state index contributed by atoms with van der Waals surface area (Å²) in [7, 11) is 1.79. The number of hydrogen-bond acceptors (Lipinski definition) is 4. The smallest absolute Gasteiger partial charge is 0.161 e. The molecular formula is C17H25NO3. The predicted molar refractivity (Wildman–Crippen MR) is 82.0 cm³/mol. The first-order chi connectivity index (χ1) is 10.3. The Kier molecular flexibility index (Phi) is 4.66. The number of nitrogens with zero attached hydrogens (tertiary/aromatic N) is 1. The molecule has 0 N–H and O–H groups in total. The Bertz CT molecular complexity index is 471. The molecule has 4 nitrogen and oxygen atoms in total. The van der Waals surface area contributed by atoms with Crippen molar-refractivity contribution in [3.05, 3.63) is 23.8 Å². The fraction of sp³-hybridized carbons (Fsp3) is 0.647. The van der Waals surface area contributed by atoms with Crippen LogP contribution in [0, 0.1) is 5.92 Å². The van der Waals surface area contributed by atoms with Crippen LogP contribution in [0.3, 0.4) is 0 Å². The zero-order chi connectivity index (χ0) is 14.7. The molecule has 0 aromatic heterocycles. The maximum Gasteiger partial charge on any atom is 0.161 e. The van der Waals surface area contributed by atoms with Crippen molar-refractivity contribution in [2.75, 3.05) is 40.0 Å². The van der Waals surface area contributed by atoms with Crippen LogP contribution in [0.1, 0.15) is 31.4 Å². The molecule has 1 aromatic carbocycles. The normalized spacial score (nSPS) is 21.2. The van der Waals surface area contributed by atoms with Gasteiger partial charge in [-0.3, -0.25) is 0 Å². The Morgan fingerprint density at radius 1 is 1.14 bits per heavy atom. The van der Waals surface area contributed by atoms with Gasteiger partial charge in [0.05, 0.1) is 6.10 Å². The van der Waals surface area contributed by atoms with Gasteiger partial charge in [0.15, 0.2) is 11.5 Å². The van der Waals surface area contributed by atoms with E-state index in [0.717, 1.165) is 18.0 Å². The SMILES string of the molecule is CO[C@H](c1ccc2c(c1)OCCO2)[C@H](C)CN1CCCC1. The zero-order valence-electron chi connectivity index (χ0n) is 13.0. The second kappa shape index (κ2) is 6.67. The summed E-state index contributed by atoms with van der Waals surface area (Å²) in [5, 5.41) is 0. The van der Waals surface area contributed by atoms with Crippen molar-refractivity contribution >= 4 is 0 Å². The monoisotopic (exact) mass is 291 g/mol. The molecule has 3 rings (SSSR count). The molecule has 0 amide bonds. The van der Waals surface area contributed by atoms with Gasteiger partial charge in [-0.25, -0.2) is 0 Å². The molecule has 0 saturated carbocycles. The predicted octanol–water partition coefficient (Wildman–Crippen LogP) is 2.88. The van der Waals surface area contributed by atoms with Crippen LogP contribution in [0.5, 0.6) is 11.5 Å². The second-order valence-corrected chi connectivity index (χ2v) is 6.04. The van der Waals surface area contributed by atoms with Gasteiger partial charge in [-0.05, 0) is 49.5 Å². The van der Waals surface area contributed by atoms with E-state index in [2.05, 4.69) is 24.0 Å². The van der Waals surface area contributed by atoms with Crippen molar-refractivity contribution in [3.63, 3.8) is 0 Å². The first-order valence-corrected chi connectivity index (χ1v) is 7.92. The van der Waals surface area contributed by atoms with Crippen molar-refractivity contribution in [1.29, 1.82) is 0 Å². The van der Waals surface area contributed by atoms with E-state index in [1.807, 2.05) is 6.07 Å². The van der Waals surface area contributed by atoms with E-state index in [9.17, 15) is 0 Å². The highest BCUT2D eigenvalue weighted by Crippen LogP contribution is 2.35. The Hall–Kier alpha value is -1.26. The summed E-state index contributed by atoms with van der Waals surface area (Å²) in [6, 6.07) is 6.17. The summed E-state index contributed by atoms with van der Waals surface area (Å²) in [4.78, 5) is 2.54. The van der Waals surface area contributed by atoms with Crippen LogP contribution in [0.15, 0.2) is 18.2 Å². The summed E-state index contributed by atoms with van der Waals surface area (Å²) in [6.45, 7) is 7.06.